The predicted octanol–water partition coefficient (Wildman–Crippen LogP) is 7.13. The highest BCUT2D eigenvalue weighted by Crippen LogP contribution is 2.38. The van der Waals surface area contributed by atoms with E-state index in [4.69, 9.17) is 14.2 Å². The van der Waals surface area contributed by atoms with Crippen LogP contribution in [0.5, 0.6) is 28.7 Å². The number of likely N-dealkylation sites (tertiary alicyclic amines) is 1. The summed E-state index contributed by atoms with van der Waals surface area (Å²) in [4.78, 5) is 6.04. The van der Waals surface area contributed by atoms with Crippen LogP contribution < -0.4 is 23.7 Å². The average Bonchev–Trinajstić information content (AvgIpc) is 3.00. The van der Waals surface area contributed by atoms with E-state index in [0.29, 0.717) is 29.0 Å². The number of rotatable bonds is 12. The number of ether oxygens (including phenoxy) is 4. The molecule has 0 saturated carbocycles. The molecule has 0 amide bonds. The Bertz CT molecular complexity index is 1750. The Balaban J connectivity index is 1.30. The molecule has 2 heterocycles. The van der Waals surface area contributed by atoms with Gasteiger partial charge < -0.3 is 23.8 Å². The van der Waals surface area contributed by atoms with Crippen molar-refractivity contribution in [3.63, 3.8) is 0 Å². The minimum atomic E-state index is -5.11. The fourth-order valence-electron chi connectivity index (χ4n) is 5.00. The van der Waals surface area contributed by atoms with Gasteiger partial charge in [0.25, 0.3) is 10.0 Å². The van der Waals surface area contributed by atoms with E-state index >= 15 is 4.39 Å². The van der Waals surface area contributed by atoms with Crippen LogP contribution in [0.25, 0.3) is 10.9 Å². The van der Waals surface area contributed by atoms with E-state index in [9.17, 15) is 21.6 Å². The molecular weight excluding hydrogens is 618 g/mol. The number of anilines is 1. The molecule has 1 aliphatic rings. The lowest BCUT2D eigenvalue weighted by atomic mass is 10.1. The number of methoxy groups -OCH3 is 1. The van der Waals surface area contributed by atoms with E-state index in [1.165, 1.54) is 62.9 Å². The molecule has 0 bridgehead atoms. The Hall–Kier alpha value is -4.30. The van der Waals surface area contributed by atoms with Gasteiger partial charge in [-0.15, -0.1) is 13.2 Å². The third kappa shape index (κ3) is 8.25. The van der Waals surface area contributed by atoms with Crippen LogP contribution in [0.15, 0.2) is 71.8 Å². The normalized spacial score (nSPS) is 14.2. The maximum Gasteiger partial charge on any atom is 0.573 e. The van der Waals surface area contributed by atoms with Crippen molar-refractivity contribution in [2.45, 2.75) is 36.9 Å². The highest BCUT2D eigenvalue weighted by atomic mass is 32.2. The second-order valence-electron chi connectivity index (χ2n) is 10.3. The van der Waals surface area contributed by atoms with E-state index in [0.717, 1.165) is 44.3 Å². The fourth-order valence-corrected chi connectivity index (χ4v) is 6.18. The van der Waals surface area contributed by atoms with E-state index in [1.807, 2.05) is 0 Å². The second kappa shape index (κ2) is 13.8. The third-order valence-corrected chi connectivity index (χ3v) is 8.50. The Kier molecular flexibility index (Phi) is 9.83. The van der Waals surface area contributed by atoms with Crippen molar-refractivity contribution in [1.82, 2.24) is 9.88 Å². The number of fused-ring (bicyclic) bond motifs is 1. The van der Waals surface area contributed by atoms with E-state index < -0.39 is 32.8 Å². The van der Waals surface area contributed by atoms with Crippen molar-refractivity contribution < 1.29 is 44.9 Å². The van der Waals surface area contributed by atoms with Crippen LogP contribution in [0.4, 0.5) is 23.2 Å². The van der Waals surface area contributed by atoms with Gasteiger partial charge in [0.05, 0.1) is 24.9 Å². The van der Waals surface area contributed by atoms with Crippen LogP contribution >= 0.6 is 0 Å². The first kappa shape index (κ1) is 32.1. The van der Waals surface area contributed by atoms with Crippen molar-refractivity contribution in [3.05, 3.63) is 72.7 Å². The number of nitrogens with one attached hydrogen (secondary N) is 1. The Morgan fingerprint density at radius 2 is 1.69 bits per heavy atom. The number of alkyl halides is 3. The van der Waals surface area contributed by atoms with Gasteiger partial charge in [-0.2, -0.15) is 0 Å². The Labute approximate surface area is 257 Å². The van der Waals surface area contributed by atoms with Crippen LogP contribution in [0.1, 0.15) is 25.7 Å². The number of aromatic nitrogens is 1. The molecule has 45 heavy (non-hydrogen) atoms. The first-order valence-electron chi connectivity index (χ1n) is 14.2. The maximum absolute atomic E-state index is 15.1. The lowest BCUT2D eigenvalue weighted by molar-refractivity contribution is -0.275. The second-order valence-corrected chi connectivity index (χ2v) is 11.9. The van der Waals surface area contributed by atoms with Gasteiger partial charge in [0, 0.05) is 30.3 Å². The smallest absolute Gasteiger partial charge is 0.493 e. The summed E-state index contributed by atoms with van der Waals surface area (Å²) in [5, 5.41) is 0.514. The molecule has 0 aliphatic carbocycles. The Morgan fingerprint density at radius 3 is 2.42 bits per heavy atom. The SMILES string of the molecule is COc1cc2c(Oc3ccc(NS(=O)(=O)c4ccccc4OC(F)(F)F)cc3F)ccnc2cc1OCCCN1CCCCC1. The summed E-state index contributed by atoms with van der Waals surface area (Å²) >= 11 is 0. The zero-order valence-electron chi connectivity index (χ0n) is 24.3. The van der Waals surface area contributed by atoms with Gasteiger partial charge in [-0.05, 0) is 68.8 Å². The van der Waals surface area contributed by atoms with Crippen molar-refractivity contribution in [2.24, 2.45) is 0 Å². The number of pyridine rings is 1. The summed E-state index contributed by atoms with van der Waals surface area (Å²) in [6, 6.07) is 12.4. The number of para-hydroxylation sites is 1. The number of piperidine rings is 1. The summed E-state index contributed by atoms with van der Waals surface area (Å²) in [5.41, 5.74) is 0.272. The molecule has 1 aliphatic heterocycles. The van der Waals surface area contributed by atoms with Crippen LogP contribution in [-0.4, -0.2) is 58.0 Å². The molecule has 1 saturated heterocycles. The minimum Gasteiger partial charge on any atom is -0.493 e. The molecule has 0 unspecified atom stereocenters. The summed E-state index contributed by atoms with van der Waals surface area (Å²) in [7, 11) is -3.07. The van der Waals surface area contributed by atoms with Crippen molar-refractivity contribution in [3.8, 4) is 28.7 Å². The Morgan fingerprint density at radius 1 is 0.911 bits per heavy atom. The highest BCUT2D eigenvalue weighted by Gasteiger charge is 2.34. The van der Waals surface area contributed by atoms with Crippen LogP contribution in [0.2, 0.25) is 0 Å². The van der Waals surface area contributed by atoms with Gasteiger partial charge >= 0.3 is 6.36 Å². The molecule has 1 aromatic heterocycles. The molecule has 4 aromatic rings. The quantitative estimate of drug-likeness (QED) is 0.128. The van der Waals surface area contributed by atoms with Crippen LogP contribution in [0.3, 0.4) is 0 Å². The van der Waals surface area contributed by atoms with E-state index in [1.54, 1.807) is 12.1 Å². The topological polar surface area (TPSA) is 99.2 Å². The minimum absolute atomic E-state index is 0.233. The summed E-state index contributed by atoms with van der Waals surface area (Å²) < 4.78 is 102. The van der Waals surface area contributed by atoms with Gasteiger partial charge in [-0.3, -0.25) is 9.71 Å². The first-order chi connectivity index (χ1) is 21.5. The lowest BCUT2D eigenvalue weighted by Gasteiger charge is -2.26. The fraction of sp³-hybridized carbons (Fsp3) is 0.323. The van der Waals surface area contributed by atoms with Crippen LogP contribution in [-0.2, 0) is 10.0 Å². The molecular formula is C31H31F4N3O6S. The highest BCUT2D eigenvalue weighted by molar-refractivity contribution is 7.92. The monoisotopic (exact) mass is 649 g/mol. The standard InChI is InChI=1S/C31H31F4N3O6S/c1-41-28-19-22-24(20-29(28)42-17-7-16-38-14-5-2-6-15-38)36-13-12-25(22)43-26-11-10-21(18-23(26)32)37-45(39,40)30-9-4-3-8-27(30)44-31(33,34)35/h3-4,8-13,18-20,37H,2,5-7,14-17H2,1H3. The molecule has 0 radical (unpaired) electrons. The van der Waals surface area contributed by atoms with E-state index in [2.05, 4.69) is 19.3 Å². The molecule has 1 N–H and O–H groups in total. The largest absolute Gasteiger partial charge is 0.573 e. The summed E-state index contributed by atoms with van der Waals surface area (Å²) in [6.45, 7) is 3.68. The third-order valence-electron chi connectivity index (χ3n) is 7.08. The lowest BCUT2D eigenvalue weighted by Crippen LogP contribution is -2.31. The molecule has 3 aromatic carbocycles. The molecule has 9 nitrogen and oxygen atoms in total. The number of halogens is 4. The predicted molar refractivity (Wildman–Crippen MR) is 159 cm³/mol. The van der Waals surface area contributed by atoms with Gasteiger partial charge in [0.15, 0.2) is 23.1 Å². The van der Waals surface area contributed by atoms with Gasteiger partial charge in [0.1, 0.15) is 16.4 Å². The van der Waals surface area contributed by atoms with Gasteiger partial charge in [0.2, 0.25) is 0 Å². The number of nitrogens with zero attached hydrogens (tertiary/aromatic N) is 2. The van der Waals surface area contributed by atoms with Crippen molar-refractivity contribution in [2.75, 3.05) is 38.1 Å². The number of sulfonamides is 1. The van der Waals surface area contributed by atoms with Crippen molar-refractivity contribution >= 4 is 26.6 Å². The summed E-state index contributed by atoms with van der Waals surface area (Å²) in [6.07, 6.45) is 0.965. The zero-order valence-corrected chi connectivity index (χ0v) is 25.1. The maximum atomic E-state index is 15.1. The zero-order chi connectivity index (χ0) is 32.0. The van der Waals surface area contributed by atoms with Crippen LogP contribution in [0, 0.1) is 5.82 Å². The van der Waals surface area contributed by atoms with Crippen molar-refractivity contribution in [1.29, 1.82) is 0 Å². The molecule has 1 fully saturated rings. The van der Waals surface area contributed by atoms with Gasteiger partial charge in [-0.25, -0.2) is 12.8 Å². The molecule has 0 atom stereocenters. The molecule has 240 valence electrons. The molecule has 5 rings (SSSR count). The number of benzene rings is 3. The average molecular weight is 650 g/mol. The van der Waals surface area contributed by atoms with Gasteiger partial charge in [-0.1, -0.05) is 18.6 Å². The number of hydrogen-bond donors (Lipinski definition) is 1. The number of hydrogen-bond acceptors (Lipinski definition) is 8. The first-order valence-corrected chi connectivity index (χ1v) is 15.7. The molecule has 14 heteroatoms. The summed E-state index contributed by atoms with van der Waals surface area (Å²) in [5.74, 6) is -0.884. The van der Waals surface area contributed by atoms with E-state index in [-0.39, 0.29) is 17.2 Å². The molecule has 0 spiro atoms.